The fraction of sp³-hybridized carbons (Fsp3) is 0.476. The van der Waals surface area contributed by atoms with Gasteiger partial charge in [-0.15, -0.1) is 17.9 Å². The first-order valence-electron chi connectivity index (χ1n) is 10.1. The highest BCUT2D eigenvalue weighted by Crippen LogP contribution is 2.39. The van der Waals surface area contributed by atoms with E-state index < -0.39 is 0 Å². The Bertz CT molecular complexity index is 1020. The normalized spacial score (nSPS) is 18.7. The first-order valence-corrected chi connectivity index (χ1v) is 11.3. The Hall–Kier alpha value is -1.83. The molecule has 0 spiro atoms. The third-order valence-corrected chi connectivity index (χ3v) is 7.42. The maximum Gasteiger partial charge on any atom is 0.199 e. The minimum atomic E-state index is 0.571. The molecule has 0 unspecified atom stereocenters. The highest BCUT2D eigenvalue weighted by Gasteiger charge is 2.30. The summed E-state index contributed by atoms with van der Waals surface area (Å²) in [5.74, 6) is 2.31. The van der Waals surface area contributed by atoms with Crippen molar-refractivity contribution in [2.24, 2.45) is 0 Å². The van der Waals surface area contributed by atoms with Crippen LogP contribution in [0.4, 0.5) is 0 Å². The summed E-state index contributed by atoms with van der Waals surface area (Å²) in [7, 11) is 0. The Balaban J connectivity index is 1.27. The second kappa shape index (κ2) is 7.54. The van der Waals surface area contributed by atoms with Crippen molar-refractivity contribution >= 4 is 33.8 Å². The van der Waals surface area contributed by atoms with Gasteiger partial charge >= 0.3 is 0 Å². The van der Waals surface area contributed by atoms with Gasteiger partial charge in [-0.25, -0.2) is 9.67 Å². The van der Waals surface area contributed by atoms with E-state index in [2.05, 4.69) is 40.3 Å². The molecule has 7 heteroatoms. The zero-order chi connectivity index (χ0) is 19.1. The van der Waals surface area contributed by atoms with Gasteiger partial charge in [0.15, 0.2) is 4.77 Å². The Labute approximate surface area is 174 Å². The Kier molecular flexibility index (Phi) is 4.90. The number of para-hydroxylation sites is 1. The van der Waals surface area contributed by atoms with E-state index in [9.17, 15) is 0 Å². The van der Waals surface area contributed by atoms with E-state index in [0.717, 1.165) is 55.3 Å². The molecule has 28 heavy (non-hydrogen) atoms. The molecule has 5 rings (SSSR count). The molecule has 3 heterocycles. The summed E-state index contributed by atoms with van der Waals surface area (Å²) in [5, 5.41) is 6.16. The number of fused-ring (bicyclic) bond motifs is 1. The molecule has 1 aliphatic carbocycles. The van der Waals surface area contributed by atoms with Crippen LogP contribution in [0.2, 0.25) is 0 Å². The van der Waals surface area contributed by atoms with Crippen molar-refractivity contribution in [2.45, 2.75) is 50.7 Å². The van der Waals surface area contributed by atoms with Crippen LogP contribution in [-0.4, -0.2) is 37.3 Å². The zero-order valence-corrected chi connectivity index (χ0v) is 17.6. The minimum Gasteiger partial charge on any atom is -0.300 e. The minimum absolute atomic E-state index is 0.571. The van der Waals surface area contributed by atoms with E-state index in [1.165, 1.54) is 22.5 Å². The Morgan fingerprint density at radius 3 is 2.64 bits per heavy atom. The Morgan fingerprint density at radius 2 is 1.93 bits per heavy atom. The summed E-state index contributed by atoms with van der Waals surface area (Å²) in [5.41, 5.74) is 1.14. The lowest BCUT2D eigenvalue weighted by Gasteiger charge is -2.30. The average molecular weight is 412 g/mol. The van der Waals surface area contributed by atoms with Gasteiger partial charge in [0, 0.05) is 31.5 Å². The maximum atomic E-state index is 5.71. The highest BCUT2D eigenvalue weighted by atomic mass is 32.1. The molecule has 0 amide bonds. The molecule has 5 nitrogen and oxygen atoms in total. The van der Waals surface area contributed by atoms with Crippen molar-refractivity contribution in [1.82, 2.24) is 24.2 Å². The predicted octanol–water partition coefficient (Wildman–Crippen LogP) is 4.92. The van der Waals surface area contributed by atoms with Crippen molar-refractivity contribution in [3.05, 3.63) is 52.5 Å². The molecule has 1 aromatic carbocycles. The number of hydrogen-bond acceptors (Lipinski definition) is 5. The molecule has 0 bridgehead atoms. The van der Waals surface area contributed by atoms with Gasteiger partial charge in [-0.1, -0.05) is 18.2 Å². The molecule has 146 valence electrons. The van der Waals surface area contributed by atoms with Crippen LogP contribution < -0.4 is 0 Å². The molecule has 1 saturated heterocycles. The molecule has 1 saturated carbocycles. The second-order valence-corrected chi connectivity index (χ2v) is 9.29. The number of hydrogen-bond donors (Lipinski definition) is 0. The number of nitrogens with zero attached hydrogens (tertiary/aromatic N) is 5. The maximum absolute atomic E-state index is 5.71. The van der Waals surface area contributed by atoms with E-state index in [1.807, 2.05) is 22.1 Å². The lowest BCUT2D eigenvalue weighted by molar-refractivity contribution is 0.160. The number of likely N-dealkylation sites (tertiary alicyclic amines) is 1. The summed E-state index contributed by atoms with van der Waals surface area (Å²) in [6.07, 6.45) is 6.68. The number of allylic oxidation sites excluding steroid dienone is 1. The van der Waals surface area contributed by atoms with Crippen LogP contribution in [0.25, 0.3) is 10.2 Å². The first-order chi connectivity index (χ1) is 13.7. The van der Waals surface area contributed by atoms with Crippen molar-refractivity contribution < 1.29 is 0 Å². The number of rotatable bonds is 6. The molecule has 0 radical (unpaired) electrons. The van der Waals surface area contributed by atoms with Gasteiger partial charge in [-0.05, 0) is 50.0 Å². The summed E-state index contributed by atoms with van der Waals surface area (Å²) < 4.78 is 6.31. The number of aromatic nitrogens is 4. The van der Waals surface area contributed by atoms with Gasteiger partial charge in [0.05, 0.1) is 21.9 Å². The molecule has 1 aliphatic heterocycles. The summed E-state index contributed by atoms with van der Waals surface area (Å²) in [6, 6.07) is 8.45. The van der Waals surface area contributed by atoms with Gasteiger partial charge in [0.25, 0.3) is 0 Å². The third kappa shape index (κ3) is 3.47. The van der Waals surface area contributed by atoms with E-state index in [4.69, 9.17) is 22.3 Å². The first kappa shape index (κ1) is 18.2. The Morgan fingerprint density at radius 1 is 1.14 bits per heavy atom. The van der Waals surface area contributed by atoms with Crippen LogP contribution in [0, 0.1) is 4.77 Å². The van der Waals surface area contributed by atoms with E-state index >= 15 is 0 Å². The SMILES string of the molecule is C=CCn1c(C2CC2)nn(CN2CCC(c3nc4ccccc4s3)CC2)c1=S. The van der Waals surface area contributed by atoms with Crippen LogP contribution >= 0.6 is 23.6 Å². The molecule has 2 aromatic heterocycles. The standard InChI is InChI=1S/C21H25N5S2/c1-2-11-25-19(15-7-8-15)23-26(21(25)27)14-24-12-9-16(10-13-24)20-22-17-5-3-4-6-18(17)28-20/h2-6,15-16H,1,7-14H2. The van der Waals surface area contributed by atoms with Crippen molar-refractivity contribution in [1.29, 1.82) is 0 Å². The number of piperidine rings is 1. The van der Waals surface area contributed by atoms with Gasteiger partial charge in [0.1, 0.15) is 5.82 Å². The van der Waals surface area contributed by atoms with Crippen LogP contribution in [0.5, 0.6) is 0 Å². The van der Waals surface area contributed by atoms with E-state index in [1.54, 1.807) is 0 Å². The molecule has 0 N–H and O–H groups in total. The van der Waals surface area contributed by atoms with Crippen molar-refractivity contribution in [3.8, 4) is 0 Å². The summed E-state index contributed by atoms with van der Waals surface area (Å²) in [6.45, 7) is 7.55. The average Bonchev–Trinajstić information content (AvgIpc) is 3.40. The van der Waals surface area contributed by atoms with Gasteiger partial charge in [0.2, 0.25) is 0 Å². The van der Waals surface area contributed by atoms with Gasteiger partial charge in [-0.2, -0.15) is 5.10 Å². The van der Waals surface area contributed by atoms with Crippen LogP contribution in [0.15, 0.2) is 36.9 Å². The van der Waals surface area contributed by atoms with Gasteiger partial charge < -0.3 is 0 Å². The van der Waals surface area contributed by atoms with E-state index in [-0.39, 0.29) is 0 Å². The lowest BCUT2D eigenvalue weighted by Crippen LogP contribution is -2.35. The van der Waals surface area contributed by atoms with Crippen LogP contribution in [0.1, 0.15) is 48.4 Å². The highest BCUT2D eigenvalue weighted by molar-refractivity contribution is 7.71. The van der Waals surface area contributed by atoms with Gasteiger partial charge in [-0.3, -0.25) is 9.47 Å². The summed E-state index contributed by atoms with van der Waals surface area (Å²) in [4.78, 5) is 7.35. The zero-order valence-electron chi connectivity index (χ0n) is 16.0. The monoisotopic (exact) mass is 411 g/mol. The second-order valence-electron chi connectivity index (χ2n) is 7.87. The lowest BCUT2D eigenvalue weighted by atomic mass is 9.98. The van der Waals surface area contributed by atoms with E-state index in [0.29, 0.717) is 11.8 Å². The fourth-order valence-corrected chi connectivity index (χ4v) is 5.47. The number of thiazole rings is 1. The van der Waals surface area contributed by atoms with Crippen LogP contribution in [-0.2, 0) is 13.2 Å². The van der Waals surface area contributed by atoms with Crippen molar-refractivity contribution in [2.75, 3.05) is 13.1 Å². The quantitative estimate of drug-likeness (QED) is 0.426. The summed E-state index contributed by atoms with van der Waals surface area (Å²) >= 11 is 7.57. The molecule has 3 aromatic rings. The topological polar surface area (TPSA) is 38.9 Å². The molecule has 2 aliphatic rings. The van der Waals surface area contributed by atoms with Crippen molar-refractivity contribution in [3.63, 3.8) is 0 Å². The number of benzene rings is 1. The molecular weight excluding hydrogens is 386 g/mol. The molecular formula is C21H25N5S2. The largest absolute Gasteiger partial charge is 0.300 e. The van der Waals surface area contributed by atoms with Crippen LogP contribution in [0.3, 0.4) is 0 Å². The predicted molar refractivity (Wildman–Crippen MR) is 116 cm³/mol. The molecule has 2 fully saturated rings. The third-order valence-electron chi connectivity index (χ3n) is 5.79. The molecule has 0 atom stereocenters. The smallest absolute Gasteiger partial charge is 0.199 e. The fourth-order valence-electron chi connectivity index (χ4n) is 4.07.